The van der Waals surface area contributed by atoms with Gasteiger partial charge in [-0.3, -0.25) is 0 Å². The van der Waals surface area contributed by atoms with E-state index in [1.54, 1.807) is 0 Å². The summed E-state index contributed by atoms with van der Waals surface area (Å²) in [4.78, 5) is 4.48. The molecule has 1 aromatic heterocycles. The minimum Gasteiger partial charge on any atom is -0.327 e. The normalized spacial score (nSPS) is 13.7. The van der Waals surface area contributed by atoms with Crippen LogP contribution in [0.4, 0.5) is 0 Å². The van der Waals surface area contributed by atoms with Gasteiger partial charge in [-0.05, 0) is 68.0 Å². The lowest BCUT2D eigenvalue weighted by Crippen LogP contribution is -2.14. The lowest BCUT2D eigenvalue weighted by Gasteiger charge is -2.24. The number of hydrogen-bond acceptors (Lipinski definition) is 1. The molecule has 0 aliphatic heterocycles. The smallest absolute Gasteiger partial charge is 0.0954 e. The Balaban J connectivity index is 2.03. The fourth-order valence-corrected chi connectivity index (χ4v) is 3.75. The van der Waals surface area contributed by atoms with Crippen LogP contribution in [-0.4, -0.2) is 9.55 Å². The number of imidazole rings is 1. The largest absolute Gasteiger partial charge is 0.327 e. The summed E-state index contributed by atoms with van der Waals surface area (Å²) in [6.07, 6.45) is 4.00. The molecule has 0 saturated heterocycles. The standard InChI is InChI=1S/C23H28N2/c1-15-9-7-11-21(17(15)3)19(5)23-13-24-14-25(23)20(6)22-12-8-10-16(2)18(22)4/h7-14,19-20H,1-6H3. The highest BCUT2D eigenvalue weighted by Crippen LogP contribution is 2.32. The van der Waals surface area contributed by atoms with Crippen molar-refractivity contribution in [1.29, 1.82) is 0 Å². The number of hydrogen-bond donors (Lipinski definition) is 0. The molecule has 2 aromatic carbocycles. The average molecular weight is 332 g/mol. The van der Waals surface area contributed by atoms with E-state index in [1.165, 1.54) is 39.1 Å². The first-order valence-corrected chi connectivity index (χ1v) is 9.05. The third kappa shape index (κ3) is 3.13. The van der Waals surface area contributed by atoms with Gasteiger partial charge in [-0.25, -0.2) is 4.98 Å². The highest BCUT2D eigenvalue weighted by molar-refractivity contribution is 5.40. The van der Waals surface area contributed by atoms with E-state index >= 15 is 0 Å². The summed E-state index contributed by atoms with van der Waals surface area (Å²) >= 11 is 0. The predicted octanol–water partition coefficient (Wildman–Crippen LogP) is 5.88. The topological polar surface area (TPSA) is 17.8 Å². The molecule has 130 valence electrons. The molecule has 0 amide bonds. The molecule has 0 N–H and O–H groups in total. The van der Waals surface area contributed by atoms with Crippen LogP contribution >= 0.6 is 0 Å². The number of nitrogens with zero attached hydrogens (tertiary/aromatic N) is 2. The monoisotopic (exact) mass is 332 g/mol. The van der Waals surface area contributed by atoms with Crippen molar-refractivity contribution in [2.45, 2.75) is 53.5 Å². The van der Waals surface area contributed by atoms with Crippen LogP contribution in [-0.2, 0) is 0 Å². The van der Waals surface area contributed by atoms with Gasteiger partial charge in [0, 0.05) is 17.8 Å². The van der Waals surface area contributed by atoms with Crippen LogP contribution in [0, 0.1) is 27.7 Å². The van der Waals surface area contributed by atoms with Crippen molar-refractivity contribution in [2.75, 3.05) is 0 Å². The van der Waals surface area contributed by atoms with E-state index in [0.717, 1.165) is 0 Å². The summed E-state index contributed by atoms with van der Waals surface area (Å²) in [5, 5.41) is 0. The lowest BCUT2D eigenvalue weighted by molar-refractivity contribution is 0.593. The molecule has 0 aliphatic carbocycles. The molecule has 0 radical (unpaired) electrons. The minimum absolute atomic E-state index is 0.268. The maximum Gasteiger partial charge on any atom is 0.0954 e. The quantitative estimate of drug-likeness (QED) is 0.583. The summed E-state index contributed by atoms with van der Waals surface area (Å²) in [6, 6.07) is 13.4. The third-order valence-electron chi connectivity index (χ3n) is 5.77. The zero-order valence-corrected chi connectivity index (χ0v) is 16.2. The highest BCUT2D eigenvalue weighted by atomic mass is 15.1. The number of benzene rings is 2. The highest BCUT2D eigenvalue weighted by Gasteiger charge is 2.20. The van der Waals surface area contributed by atoms with Gasteiger partial charge in [-0.1, -0.05) is 43.3 Å². The molecular weight excluding hydrogens is 304 g/mol. The van der Waals surface area contributed by atoms with Gasteiger partial charge in [0.05, 0.1) is 12.4 Å². The maximum atomic E-state index is 4.48. The Morgan fingerprint density at radius 2 is 1.36 bits per heavy atom. The van der Waals surface area contributed by atoms with Crippen molar-refractivity contribution in [1.82, 2.24) is 9.55 Å². The molecule has 2 atom stereocenters. The average Bonchev–Trinajstić information content (AvgIpc) is 3.08. The number of aromatic nitrogens is 2. The summed E-state index contributed by atoms with van der Waals surface area (Å²) in [6.45, 7) is 13.3. The van der Waals surface area contributed by atoms with Crippen molar-refractivity contribution in [3.63, 3.8) is 0 Å². The van der Waals surface area contributed by atoms with Crippen LogP contribution in [0.2, 0.25) is 0 Å². The number of rotatable bonds is 4. The molecule has 0 aliphatic rings. The lowest BCUT2D eigenvalue weighted by atomic mass is 9.91. The Morgan fingerprint density at radius 1 is 0.800 bits per heavy atom. The molecule has 0 fully saturated rings. The van der Waals surface area contributed by atoms with Crippen LogP contribution in [0.25, 0.3) is 0 Å². The van der Waals surface area contributed by atoms with Gasteiger partial charge in [-0.15, -0.1) is 0 Å². The Labute approximate surface area is 151 Å². The van der Waals surface area contributed by atoms with Gasteiger partial charge in [0.25, 0.3) is 0 Å². The van der Waals surface area contributed by atoms with Gasteiger partial charge in [0.15, 0.2) is 0 Å². The Hall–Kier alpha value is -2.35. The first-order valence-electron chi connectivity index (χ1n) is 9.05. The molecule has 2 unspecified atom stereocenters. The molecule has 2 nitrogen and oxygen atoms in total. The third-order valence-corrected chi connectivity index (χ3v) is 5.77. The second-order valence-electron chi connectivity index (χ2n) is 7.20. The first kappa shape index (κ1) is 17.5. The van der Waals surface area contributed by atoms with Crippen molar-refractivity contribution >= 4 is 0 Å². The van der Waals surface area contributed by atoms with E-state index in [9.17, 15) is 0 Å². The van der Waals surface area contributed by atoms with Crippen LogP contribution < -0.4 is 0 Å². The summed E-state index contributed by atoms with van der Waals surface area (Å²) < 4.78 is 2.33. The SMILES string of the molecule is Cc1cccc(C(C)c2cncn2C(C)c2cccc(C)c2C)c1C. The van der Waals surface area contributed by atoms with Crippen molar-refractivity contribution in [3.8, 4) is 0 Å². The fraction of sp³-hybridized carbons (Fsp3) is 0.348. The van der Waals surface area contributed by atoms with E-state index in [1.807, 2.05) is 12.5 Å². The Bertz CT molecular complexity index is 817. The van der Waals surface area contributed by atoms with Gasteiger partial charge in [0.1, 0.15) is 0 Å². The molecule has 25 heavy (non-hydrogen) atoms. The van der Waals surface area contributed by atoms with E-state index in [4.69, 9.17) is 0 Å². The van der Waals surface area contributed by atoms with Gasteiger partial charge >= 0.3 is 0 Å². The van der Waals surface area contributed by atoms with E-state index in [-0.39, 0.29) is 6.04 Å². The zero-order valence-electron chi connectivity index (χ0n) is 16.2. The summed E-state index contributed by atoms with van der Waals surface area (Å²) in [5.74, 6) is 0.315. The van der Waals surface area contributed by atoms with Crippen molar-refractivity contribution in [3.05, 3.63) is 88.0 Å². The van der Waals surface area contributed by atoms with Crippen LogP contribution in [0.5, 0.6) is 0 Å². The predicted molar refractivity (Wildman–Crippen MR) is 105 cm³/mol. The summed E-state index contributed by atoms with van der Waals surface area (Å²) in [5.41, 5.74) is 9.45. The van der Waals surface area contributed by atoms with E-state index < -0.39 is 0 Å². The van der Waals surface area contributed by atoms with Crippen LogP contribution in [0.3, 0.4) is 0 Å². The molecule has 3 aromatic rings. The zero-order chi connectivity index (χ0) is 18.1. The number of aryl methyl sites for hydroxylation is 2. The molecule has 0 saturated carbocycles. The first-order chi connectivity index (χ1) is 11.9. The fourth-order valence-electron chi connectivity index (χ4n) is 3.75. The van der Waals surface area contributed by atoms with Crippen LogP contribution in [0.1, 0.15) is 64.9 Å². The Morgan fingerprint density at radius 3 is 2.00 bits per heavy atom. The van der Waals surface area contributed by atoms with E-state index in [2.05, 4.69) is 87.5 Å². The van der Waals surface area contributed by atoms with Crippen molar-refractivity contribution < 1.29 is 0 Å². The Kier molecular flexibility index (Phi) is 4.80. The van der Waals surface area contributed by atoms with Crippen molar-refractivity contribution in [2.24, 2.45) is 0 Å². The second kappa shape index (κ2) is 6.87. The second-order valence-corrected chi connectivity index (χ2v) is 7.20. The molecule has 1 heterocycles. The maximum absolute atomic E-state index is 4.48. The van der Waals surface area contributed by atoms with Crippen LogP contribution in [0.15, 0.2) is 48.9 Å². The summed E-state index contributed by atoms with van der Waals surface area (Å²) in [7, 11) is 0. The van der Waals surface area contributed by atoms with Gasteiger partial charge in [0.2, 0.25) is 0 Å². The molecule has 3 rings (SSSR count). The van der Waals surface area contributed by atoms with Gasteiger partial charge < -0.3 is 4.57 Å². The molecule has 0 spiro atoms. The minimum atomic E-state index is 0.268. The van der Waals surface area contributed by atoms with E-state index in [0.29, 0.717) is 5.92 Å². The molecule has 0 bridgehead atoms. The molecular formula is C23H28N2. The van der Waals surface area contributed by atoms with Gasteiger partial charge in [-0.2, -0.15) is 0 Å². The molecule has 2 heteroatoms.